The van der Waals surface area contributed by atoms with Crippen LogP contribution in [0.15, 0.2) is 12.2 Å². The Labute approximate surface area is 54.8 Å². The number of hydrogen-bond acceptors (Lipinski definition) is 1. The minimum Gasteiger partial charge on any atom is -0.303 e. The van der Waals surface area contributed by atoms with Gasteiger partial charge in [-0.25, -0.2) is 0 Å². The molecule has 0 spiro atoms. The molecule has 0 radical (unpaired) electrons. The van der Waals surface area contributed by atoms with E-state index in [1.165, 1.54) is 6.42 Å². The Morgan fingerprint density at radius 2 is 2.44 bits per heavy atom. The van der Waals surface area contributed by atoms with E-state index in [0.717, 1.165) is 24.5 Å². The first kappa shape index (κ1) is 5.21. The number of carbonyl (C=O) groups excluding carboxylic acids is 1. The summed E-state index contributed by atoms with van der Waals surface area (Å²) in [5.41, 5.74) is 0. The number of hydrogen-bond donors (Lipinski definition) is 0. The van der Waals surface area contributed by atoms with E-state index in [9.17, 15) is 4.79 Å². The molecule has 1 nitrogen and oxygen atoms in total. The number of carbonyl (C=O) groups is 1. The fourth-order valence-electron chi connectivity index (χ4n) is 1.74. The molecule has 0 aromatic heterocycles. The van der Waals surface area contributed by atoms with Gasteiger partial charge in [-0.2, -0.15) is 0 Å². The van der Waals surface area contributed by atoms with Crippen molar-refractivity contribution in [1.29, 1.82) is 0 Å². The molecule has 1 fully saturated rings. The maximum absolute atomic E-state index is 10.1. The molecular formula is C8H10O. The molecular weight excluding hydrogens is 112 g/mol. The zero-order valence-corrected chi connectivity index (χ0v) is 5.29. The summed E-state index contributed by atoms with van der Waals surface area (Å²) in [4.78, 5) is 10.1. The van der Waals surface area contributed by atoms with Gasteiger partial charge in [-0.05, 0) is 24.2 Å². The van der Waals surface area contributed by atoms with Crippen LogP contribution < -0.4 is 0 Å². The predicted octanol–water partition coefficient (Wildman–Crippen LogP) is 1.40. The van der Waals surface area contributed by atoms with E-state index in [1.54, 1.807) is 0 Å². The van der Waals surface area contributed by atoms with Crippen molar-refractivity contribution in [3.05, 3.63) is 12.2 Å². The van der Waals surface area contributed by atoms with E-state index >= 15 is 0 Å². The van der Waals surface area contributed by atoms with Crippen LogP contribution in [-0.4, -0.2) is 6.29 Å². The van der Waals surface area contributed by atoms with Gasteiger partial charge >= 0.3 is 0 Å². The molecule has 2 aliphatic rings. The largest absolute Gasteiger partial charge is 0.303 e. The number of rotatable bonds is 2. The second kappa shape index (κ2) is 1.69. The van der Waals surface area contributed by atoms with Crippen LogP contribution in [0.4, 0.5) is 0 Å². The van der Waals surface area contributed by atoms with Crippen molar-refractivity contribution >= 4 is 6.29 Å². The quantitative estimate of drug-likeness (QED) is 0.399. The average Bonchev–Trinajstić information content (AvgIpc) is 2.54. The number of allylic oxidation sites excluding steroid dienone is 2. The summed E-state index contributed by atoms with van der Waals surface area (Å²) >= 11 is 0. The zero-order chi connectivity index (χ0) is 6.27. The summed E-state index contributed by atoms with van der Waals surface area (Å²) in [6.07, 6.45) is 7.59. The summed E-state index contributed by atoms with van der Waals surface area (Å²) in [5.74, 6) is 2.32. The van der Waals surface area contributed by atoms with Gasteiger partial charge in [-0.1, -0.05) is 12.2 Å². The Morgan fingerprint density at radius 3 is 2.89 bits per heavy atom. The summed E-state index contributed by atoms with van der Waals surface area (Å²) in [7, 11) is 0. The van der Waals surface area contributed by atoms with E-state index < -0.39 is 0 Å². The summed E-state index contributed by atoms with van der Waals surface area (Å²) in [6.45, 7) is 0. The summed E-state index contributed by atoms with van der Waals surface area (Å²) in [6, 6.07) is 0. The number of aldehydes is 1. The van der Waals surface area contributed by atoms with Crippen LogP contribution in [0.5, 0.6) is 0 Å². The lowest BCUT2D eigenvalue weighted by molar-refractivity contribution is -0.108. The Morgan fingerprint density at radius 1 is 1.56 bits per heavy atom. The minimum atomic E-state index is 0.604. The van der Waals surface area contributed by atoms with Crippen molar-refractivity contribution in [3.8, 4) is 0 Å². The SMILES string of the molecule is O=CC[C@H]1C=C[C@H]2C[C@@H]12. The van der Waals surface area contributed by atoms with E-state index in [1.807, 2.05) is 0 Å². The van der Waals surface area contributed by atoms with E-state index in [2.05, 4.69) is 12.2 Å². The standard InChI is InChI=1S/C8H10O/c9-4-3-6-1-2-7-5-8(6)7/h1-2,4,6-8H,3,5H2/t6-,7+,8+/m1/s1. The number of fused-ring (bicyclic) bond motifs is 1. The molecule has 0 aliphatic heterocycles. The van der Waals surface area contributed by atoms with Crippen molar-refractivity contribution in [2.45, 2.75) is 12.8 Å². The Kier molecular flexibility index (Phi) is 0.981. The maximum Gasteiger partial charge on any atom is 0.120 e. The first-order chi connectivity index (χ1) is 4.42. The fraction of sp³-hybridized carbons (Fsp3) is 0.625. The highest BCUT2D eigenvalue weighted by Crippen LogP contribution is 2.51. The molecule has 0 unspecified atom stereocenters. The second-order valence-corrected chi connectivity index (χ2v) is 3.01. The third-order valence-corrected chi connectivity index (χ3v) is 2.41. The lowest BCUT2D eigenvalue weighted by Gasteiger charge is -2.00. The van der Waals surface area contributed by atoms with Crippen LogP contribution in [0, 0.1) is 17.8 Å². The molecule has 0 N–H and O–H groups in total. The molecule has 2 aliphatic carbocycles. The van der Waals surface area contributed by atoms with Gasteiger partial charge < -0.3 is 4.79 Å². The van der Waals surface area contributed by atoms with Gasteiger partial charge in [0.25, 0.3) is 0 Å². The monoisotopic (exact) mass is 122 g/mol. The van der Waals surface area contributed by atoms with Gasteiger partial charge in [-0.3, -0.25) is 0 Å². The first-order valence-corrected chi connectivity index (χ1v) is 3.54. The van der Waals surface area contributed by atoms with Gasteiger partial charge in [0, 0.05) is 6.42 Å². The van der Waals surface area contributed by atoms with Crippen molar-refractivity contribution in [1.82, 2.24) is 0 Å². The topological polar surface area (TPSA) is 17.1 Å². The molecule has 9 heavy (non-hydrogen) atoms. The normalized spacial score (nSPS) is 44.7. The van der Waals surface area contributed by atoms with Crippen molar-refractivity contribution in [3.63, 3.8) is 0 Å². The van der Waals surface area contributed by atoms with Gasteiger partial charge in [0.15, 0.2) is 0 Å². The van der Waals surface area contributed by atoms with Crippen molar-refractivity contribution < 1.29 is 4.79 Å². The zero-order valence-electron chi connectivity index (χ0n) is 5.29. The highest BCUT2D eigenvalue weighted by Gasteiger charge is 2.43. The highest BCUT2D eigenvalue weighted by molar-refractivity contribution is 5.51. The first-order valence-electron chi connectivity index (χ1n) is 3.54. The Balaban J connectivity index is 1.98. The highest BCUT2D eigenvalue weighted by atomic mass is 16.1. The molecule has 0 bridgehead atoms. The second-order valence-electron chi connectivity index (χ2n) is 3.01. The van der Waals surface area contributed by atoms with Gasteiger partial charge in [0.1, 0.15) is 6.29 Å². The smallest absolute Gasteiger partial charge is 0.120 e. The van der Waals surface area contributed by atoms with Crippen LogP contribution in [0.1, 0.15) is 12.8 Å². The van der Waals surface area contributed by atoms with Crippen LogP contribution in [0.25, 0.3) is 0 Å². The molecule has 48 valence electrons. The van der Waals surface area contributed by atoms with Crippen LogP contribution >= 0.6 is 0 Å². The third kappa shape index (κ3) is 0.716. The molecule has 0 amide bonds. The van der Waals surface area contributed by atoms with E-state index in [-0.39, 0.29) is 0 Å². The van der Waals surface area contributed by atoms with Crippen LogP contribution in [0.3, 0.4) is 0 Å². The van der Waals surface area contributed by atoms with Gasteiger partial charge in [-0.15, -0.1) is 0 Å². The predicted molar refractivity (Wildman–Crippen MR) is 34.9 cm³/mol. The van der Waals surface area contributed by atoms with Crippen molar-refractivity contribution in [2.75, 3.05) is 0 Å². The lowest BCUT2D eigenvalue weighted by Crippen LogP contribution is -1.96. The van der Waals surface area contributed by atoms with E-state index in [0.29, 0.717) is 5.92 Å². The molecule has 0 saturated heterocycles. The average molecular weight is 122 g/mol. The van der Waals surface area contributed by atoms with E-state index in [4.69, 9.17) is 0 Å². The third-order valence-electron chi connectivity index (χ3n) is 2.41. The minimum absolute atomic E-state index is 0.604. The van der Waals surface area contributed by atoms with Gasteiger partial charge in [0.05, 0.1) is 0 Å². The van der Waals surface area contributed by atoms with Crippen LogP contribution in [0.2, 0.25) is 0 Å². The van der Waals surface area contributed by atoms with Crippen LogP contribution in [-0.2, 0) is 4.79 Å². The Bertz CT molecular complexity index is 160. The fourth-order valence-corrected chi connectivity index (χ4v) is 1.74. The molecule has 3 atom stereocenters. The van der Waals surface area contributed by atoms with Gasteiger partial charge in [0.2, 0.25) is 0 Å². The summed E-state index contributed by atoms with van der Waals surface area (Å²) in [5, 5.41) is 0. The summed E-state index contributed by atoms with van der Waals surface area (Å²) < 4.78 is 0. The molecule has 1 saturated carbocycles. The molecule has 2 rings (SSSR count). The van der Waals surface area contributed by atoms with Crippen molar-refractivity contribution in [2.24, 2.45) is 17.8 Å². The molecule has 0 aromatic rings. The molecule has 1 heteroatoms. The molecule has 0 heterocycles. The maximum atomic E-state index is 10.1. The molecule has 0 aromatic carbocycles. The Hall–Kier alpha value is -0.590. The lowest BCUT2D eigenvalue weighted by atomic mass is 10.0.